The van der Waals surface area contributed by atoms with Gasteiger partial charge in [0.05, 0.1) is 26.5 Å². The Morgan fingerprint density at radius 3 is 2.76 bits per heavy atom. The van der Waals surface area contributed by atoms with Crippen molar-refractivity contribution >= 4 is 11.6 Å². The molecule has 1 fully saturated rings. The van der Waals surface area contributed by atoms with Crippen molar-refractivity contribution in [3.05, 3.63) is 18.2 Å². The van der Waals surface area contributed by atoms with Crippen LogP contribution in [0.3, 0.4) is 0 Å². The van der Waals surface area contributed by atoms with Gasteiger partial charge in [-0.15, -0.1) is 0 Å². The van der Waals surface area contributed by atoms with Crippen molar-refractivity contribution < 1.29 is 14.3 Å². The number of benzene rings is 1. The van der Waals surface area contributed by atoms with Crippen LogP contribution in [0.4, 0.5) is 5.69 Å². The molecule has 1 saturated heterocycles. The van der Waals surface area contributed by atoms with Crippen molar-refractivity contribution in [3.63, 3.8) is 0 Å². The number of hydrogen-bond donors (Lipinski definition) is 1. The van der Waals surface area contributed by atoms with Crippen molar-refractivity contribution in [2.24, 2.45) is 0 Å². The summed E-state index contributed by atoms with van der Waals surface area (Å²) in [5.41, 5.74) is 0.920. The van der Waals surface area contributed by atoms with Crippen molar-refractivity contribution in [2.75, 3.05) is 38.8 Å². The molecule has 0 saturated carbocycles. The quantitative estimate of drug-likeness (QED) is 0.836. The predicted molar refractivity (Wildman–Crippen MR) is 64.8 cm³/mol. The van der Waals surface area contributed by atoms with E-state index in [1.54, 1.807) is 14.2 Å². The Labute approximate surface area is 100 Å². The molecule has 17 heavy (non-hydrogen) atoms. The number of nitrogens with one attached hydrogen (secondary N) is 1. The lowest BCUT2D eigenvalue weighted by atomic mass is 10.2. The highest BCUT2D eigenvalue weighted by atomic mass is 16.5. The molecule has 5 heteroatoms. The van der Waals surface area contributed by atoms with E-state index in [0.29, 0.717) is 13.1 Å². The van der Waals surface area contributed by atoms with Crippen LogP contribution in [0.5, 0.6) is 11.5 Å². The van der Waals surface area contributed by atoms with Crippen LogP contribution in [0.1, 0.15) is 0 Å². The molecule has 1 aliphatic heterocycles. The van der Waals surface area contributed by atoms with Gasteiger partial charge in [0, 0.05) is 19.2 Å². The van der Waals surface area contributed by atoms with Crippen LogP contribution in [0, 0.1) is 0 Å². The number of methoxy groups -OCH3 is 2. The molecule has 1 amide bonds. The molecule has 2 rings (SSSR count). The Morgan fingerprint density at radius 1 is 1.29 bits per heavy atom. The SMILES string of the molecule is COc1ccc(N2CCNC(=O)C2)c(OC)c1. The molecule has 1 heterocycles. The molecule has 0 spiro atoms. The Bertz CT molecular complexity index is 420. The van der Waals surface area contributed by atoms with Crippen molar-refractivity contribution in [1.82, 2.24) is 5.32 Å². The van der Waals surface area contributed by atoms with Gasteiger partial charge in [0.2, 0.25) is 5.91 Å². The lowest BCUT2D eigenvalue weighted by Crippen LogP contribution is -2.47. The number of carbonyl (C=O) groups excluding carboxylic acids is 1. The fourth-order valence-electron chi connectivity index (χ4n) is 1.89. The summed E-state index contributed by atoms with van der Waals surface area (Å²) in [6.07, 6.45) is 0. The molecule has 0 radical (unpaired) electrons. The first kappa shape index (κ1) is 11.6. The lowest BCUT2D eigenvalue weighted by Gasteiger charge is -2.29. The molecule has 1 aromatic rings. The summed E-state index contributed by atoms with van der Waals surface area (Å²) in [4.78, 5) is 13.3. The van der Waals surface area contributed by atoms with Gasteiger partial charge in [-0.05, 0) is 12.1 Å². The second-order valence-electron chi connectivity index (χ2n) is 3.81. The largest absolute Gasteiger partial charge is 0.497 e. The molecular formula is C12H16N2O3. The standard InChI is InChI=1S/C12H16N2O3/c1-16-9-3-4-10(11(7-9)17-2)14-6-5-13-12(15)8-14/h3-4,7H,5-6,8H2,1-2H3,(H,13,15). The van der Waals surface area contributed by atoms with E-state index in [1.807, 2.05) is 23.1 Å². The lowest BCUT2D eigenvalue weighted by molar-refractivity contribution is -0.120. The number of rotatable bonds is 3. The van der Waals surface area contributed by atoms with E-state index >= 15 is 0 Å². The Balaban J connectivity index is 2.27. The third-order valence-corrected chi connectivity index (χ3v) is 2.77. The number of carbonyl (C=O) groups is 1. The maximum Gasteiger partial charge on any atom is 0.239 e. The van der Waals surface area contributed by atoms with E-state index in [2.05, 4.69) is 5.32 Å². The summed E-state index contributed by atoms with van der Waals surface area (Å²) in [6, 6.07) is 5.60. The van der Waals surface area contributed by atoms with E-state index < -0.39 is 0 Å². The number of hydrogen-bond acceptors (Lipinski definition) is 4. The first-order chi connectivity index (χ1) is 8.24. The first-order valence-corrected chi connectivity index (χ1v) is 5.48. The van der Waals surface area contributed by atoms with E-state index in [9.17, 15) is 4.79 Å². The van der Waals surface area contributed by atoms with Crippen LogP contribution < -0.4 is 19.7 Å². The van der Waals surface area contributed by atoms with Gasteiger partial charge in [-0.25, -0.2) is 0 Å². The monoisotopic (exact) mass is 236 g/mol. The average Bonchev–Trinajstić information content (AvgIpc) is 2.38. The minimum absolute atomic E-state index is 0.0362. The van der Waals surface area contributed by atoms with E-state index in [4.69, 9.17) is 9.47 Å². The predicted octanol–water partition coefficient (Wildman–Crippen LogP) is 0.640. The third kappa shape index (κ3) is 2.43. The fourth-order valence-corrected chi connectivity index (χ4v) is 1.89. The first-order valence-electron chi connectivity index (χ1n) is 5.48. The van der Waals surface area contributed by atoms with Crippen LogP contribution >= 0.6 is 0 Å². The second-order valence-corrected chi connectivity index (χ2v) is 3.81. The zero-order valence-corrected chi connectivity index (χ0v) is 10.0. The van der Waals surface area contributed by atoms with Crippen molar-refractivity contribution in [3.8, 4) is 11.5 Å². The van der Waals surface area contributed by atoms with Crippen LogP contribution in [-0.2, 0) is 4.79 Å². The van der Waals surface area contributed by atoms with Gasteiger partial charge in [-0.1, -0.05) is 0 Å². The Kier molecular flexibility index (Phi) is 3.37. The molecule has 92 valence electrons. The van der Waals surface area contributed by atoms with Gasteiger partial charge in [-0.3, -0.25) is 4.79 Å². The van der Waals surface area contributed by atoms with Gasteiger partial charge >= 0.3 is 0 Å². The maximum absolute atomic E-state index is 11.4. The van der Waals surface area contributed by atoms with E-state index in [1.165, 1.54) is 0 Å². The topological polar surface area (TPSA) is 50.8 Å². The van der Waals surface area contributed by atoms with Crippen molar-refractivity contribution in [1.29, 1.82) is 0 Å². The summed E-state index contributed by atoms with van der Waals surface area (Å²) < 4.78 is 10.5. The molecule has 1 N–H and O–H groups in total. The van der Waals surface area contributed by atoms with Gasteiger partial charge in [-0.2, -0.15) is 0 Å². The number of nitrogens with zero attached hydrogens (tertiary/aromatic N) is 1. The normalized spacial score (nSPS) is 15.4. The maximum atomic E-state index is 11.4. The minimum Gasteiger partial charge on any atom is -0.497 e. The number of anilines is 1. The minimum atomic E-state index is 0.0362. The summed E-state index contributed by atoms with van der Waals surface area (Å²) >= 11 is 0. The van der Waals surface area contributed by atoms with E-state index in [-0.39, 0.29) is 5.91 Å². The second kappa shape index (κ2) is 4.95. The highest BCUT2D eigenvalue weighted by molar-refractivity contribution is 5.83. The van der Waals surface area contributed by atoms with Gasteiger partial charge in [0.25, 0.3) is 0 Å². The van der Waals surface area contributed by atoms with E-state index in [0.717, 1.165) is 23.7 Å². The Hall–Kier alpha value is -1.91. The smallest absolute Gasteiger partial charge is 0.239 e. The van der Waals surface area contributed by atoms with Crippen LogP contribution in [0.15, 0.2) is 18.2 Å². The molecule has 0 unspecified atom stereocenters. The van der Waals surface area contributed by atoms with Gasteiger partial charge in [0.1, 0.15) is 11.5 Å². The molecular weight excluding hydrogens is 220 g/mol. The van der Waals surface area contributed by atoms with Crippen LogP contribution in [0.2, 0.25) is 0 Å². The third-order valence-electron chi connectivity index (χ3n) is 2.77. The highest BCUT2D eigenvalue weighted by Gasteiger charge is 2.19. The summed E-state index contributed by atoms with van der Waals surface area (Å²) in [5, 5.41) is 2.80. The molecule has 0 aliphatic carbocycles. The van der Waals surface area contributed by atoms with Gasteiger partial charge < -0.3 is 19.7 Å². The van der Waals surface area contributed by atoms with Crippen molar-refractivity contribution in [2.45, 2.75) is 0 Å². The number of ether oxygens (including phenoxy) is 2. The zero-order valence-electron chi connectivity index (χ0n) is 10.0. The van der Waals surface area contributed by atoms with Gasteiger partial charge in [0.15, 0.2) is 0 Å². The van der Waals surface area contributed by atoms with Crippen LogP contribution in [0.25, 0.3) is 0 Å². The molecule has 5 nitrogen and oxygen atoms in total. The molecule has 1 aromatic carbocycles. The number of amides is 1. The van der Waals surface area contributed by atoms with Crippen LogP contribution in [-0.4, -0.2) is 39.8 Å². The molecule has 1 aliphatic rings. The summed E-state index contributed by atoms with van der Waals surface area (Å²) in [7, 11) is 3.23. The molecule has 0 aromatic heterocycles. The Morgan fingerprint density at radius 2 is 2.12 bits per heavy atom. The fraction of sp³-hybridized carbons (Fsp3) is 0.417. The average molecular weight is 236 g/mol. The number of piperazine rings is 1. The zero-order chi connectivity index (χ0) is 12.3. The molecule has 0 bridgehead atoms. The summed E-state index contributed by atoms with van der Waals surface area (Å²) in [6.45, 7) is 1.81. The summed E-state index contributed by atoms with van der Waals surface area (Å²) in [5.74, 6) is 1.50. The molecule has 0 atom stereocenters. The highest BCUT2D eigenvalue weighted by Crippen LogP contribution is 2.32.